The molecule has 0 spiro atoms. The van der Waals surface area contributed by atoms with Crippen molar-refractivity contribution >= 4 is 11.8 Å². The molecule has 12 heavy (non-hydrogen) atoms. The third kappa shape index (κ3) is 0.906. The smallest absolute Gasteiger partial charge is 0.254 e. The molecule has 1 aliphatic heterocycles. The third-order valence-corrected chi connectivity index (χ3v) is 1.87. The lowest BCUT2D eigenvalue weighted by atomic mass is 10.3. The lowest BCUT2D eigenvalue weighted by Gasteiger charge is -2.17. The summed E-state index contributed by atoms with van der Waals surface area (Å²) in [6.45, 7) is 0. The first-order valence-electron chi connectivity index (χ1n) is 3.69. The number of nitrogens with zero attached hydrogens (tertiary/aromatic N) is 1. The average Bonchev–Trinajstić information content (AvgIpc) is 2.61. The van der Waals surface area contributed by atoms with Crippen molar-refractivity contribution in [1.29, 1.82) is 0 Å². The summed E-state index contributed by atoms with van der Waals surface area (Å²) in [7, 11) is 0. The predicted molar refractivity (Wildman–Crippen MR) is 43.1 cm³/mol. The Kier molecular flexibility index (Phi) is 1.43. The summed E-state index contributed by atoms with van der Waals surface area (Å²) in [5.74, 6) is -0.470. The molecule has 2 amide bonds. The fourth-order valence-electron chi connectivity index (χ4n) is 1.30. The number of hydrogen-bond acceptors (Lipinski definition) is 2. The molecule has 0 aromatic heterocycles. The minimum Gasteiger partial charge on any atom is -0.269 e. The minimum atomic E-state index is -0.235. The standard InChI is InChI=1S/C9H7NO2/c11-8-5-6-9(12)10(8)7-3-1-2-4-7/h1-7H. The van der Waals surface area contributed by atoms with E-state index in [9.17, 15) is 9.59 Å². The van der Waals surface area contributed by atoms with Gasteiger partial charge < -0.3 is 0 Å². The van der Waals surface area contributed by atoms with Crippen LogP contribution in [-0.2, 0) is 9.59 Å². The fraction of sp³-hybridized carbons (Fsp3) is 0.111. The Balaban J connectivity index is 2.24. The molecule has 0 saturated heterocycles. The molecule has 0 atom stereocenters. The SMILES string of the molecule is O=C1C=CC(=O)N1C1C=CC=C1. The molecule has 0 aromatic carbocycles. The molecule has 3 heteroatoms. The normalized spacial score (nSPS) is 21.8. The Hall–Kier alpha value is -1.64. The Labute approximate surface area is 69.7 Å². The van der Waals surface area contributed by atoms with Gasteiger partial charge in [-0.25, -0.2) is 0 Å². The molecule has 0 saturated carbocycles. The van der Waals surface area contributed by atoms with E-state index in [0.29, 0.717) is 0 Å². The zero-order valence-electron chi connectivity index (χ0n) is 6.31. The monoisotopic (exact) mass is 161 g/mol. The first-order chi connectivity index (χ1) is 5.79. The van der Waals surface area contributed by atoms with E-state index in [1.165, 1.54) is 17.1 Å². The number of rotatable bonds is 1. The van der Waals surface area contributed by atoms with Gasteiger partial charge in [-0.1, -0.05) is 24.3 Å². The van der Waals surface area contributed by atoms with Gasteiger partial charge >= 0.3 is 0 Å². The van der Waals surface area contributed by atoms with E-state index in [1.807, 2.05) is 24.3 Å². The lowest BCUT2D eigenvalue weighted by molar-refractivity contribution is -0.137. The number of carbonyl (C=O) groups excluding carboxylic acids is 2. The van der Waals surface area contributed by atoms with Gasteiger partial charge in [0.05, 0.1) is 6.04 Å². The Morgan fingerprint density at radius 2 is 1.50 bits per heavy atom. The lowest BCUT2D eigenvalue weighted by Crippen LogP contribution is -2.36. The van der Waals surface area contributed by atoms with E-state index in [-0.39, 0.29) is 17.9 Å². The zero-order valence-corrected chi connectivity index (χ0v) is 6.31. The molecule has 1 heterocycles. The van der Waals surface area contributed by atoms with E-state index in [4.69, 9.17) is 0 Å². The molecule has 1 aliphatic carbocycles. The zero-order chi connectivity index (χ0) is 8.55. The second-order valence-electron chi connectivity index (χ2n) is 2.64. The van der Waals surface area contributed by atoms with Crippen LogP contribution in [0.5, 0.6) is 0 Å². The molecule has 0 bridgehead atoms. The maximum absolute atomic E-state index is 11.1. The van der Waals surface area contributed by atoms with E-state index in [0.717, 1.165) is 0 Å². The van der Waals surface area contributed by atoms with E-state index in [1.54, 1.807) is 0 Å². The van der Waals surface area contributed by atoms with Crippen LogP contribution in [-0.4, -0.2) is 22.8 Å². The third-order valence-electron chi connectivity index (χ3n) is 1.87. The highest BCUT2D eigenvalue weighted by atomic mass is 16.2. The molecule has 0 aromatic rings. The van der Waals surface area contributed by atoms with Crippen molar-refractivity contribution in [1.82, 2.24) is 4.90 Å². The van der Waals surface area contributed by atoms with Gasteiger partial charge in [-0.05, 0) is 0 Å². The molecular weight excluding hydrogens is 154 g/mol. The van der Waals surface area contributed by atoms with Crippen molar-refractivity contribution in [2.75, 3.05) is 0 Å². The van der Waals surface area contributed by atoms with Crippen LogP contribution in [0.3, 0.4) is 0 Å². The van der Waals surface area contributed by atoms with Crippen molar-refractivity contribution in [3.05, 3.63) is 36.5 Å². The van der Waals surface area contributed by atoms with E-state index >= 15 is 0 Å². The summed E-state index contributed by atoms with van der Waals surface area (Å²) in [6, 6.07) is -0.181. The second kappa shape index (κ2) is 2.44. The van der Waals surface area contributed by atoms with Crippen LogP contribution in [0.25, 0.3) is 0 Å². The summed E-state index contributed by atoms with van der Waals surface area (Å²) < 4.78 is 0. The van der Waals surface area contributed by atoms with Crippen LogP contribution < -0.4 is 0 Å². The maximum Gasteiger partial charge on any atom is 0.254 e. The quantitative estimate of drug-likeness (QED) is 0.522. The molecule has 0 fully saturated rings. The largest absolute Gasteiger partial charge is 0.269 e. The second-order valence-corrected chi connectivity index (χ2v) is 2.64. The van der Waals surface area contributed by atoms with Crippen molar-refractivity contribution in [2.45, 2.75) is 6.04 Å². The van der Waals surface area contributed by atoms with E-state index in [2.05, 4.69) is 0 Å². The highest BCUT2D eigenvalue weighted by molar-refractivity contribution is 6.13. The van der Waals surface area contributed by atoms with Crippen LogP contribution in [0.2, 0.25) is 0 Å². The van der Waals surface area contributed by atoms with Crippen LogP contribution in [0.1, 0.15) is 0 Å². The Morgan fingerprint density at radius 1 is 1.00 bits per heavy atom. The van der Waals surface area contributed by atoms with Crippen molar-refractivity contribution < 1.29 is 9.59 Å². The number of carbonyl (C=O) groups is 2. The van der Waals surface area contributed by atoms with Gasteiger partial charge in [0.1, 0.15) is 0 Å². The van der Waals surface area contributed by atoms with Gasteiger partial charge in [0, 0.05) is 12.2 Å². The topological polar surface area (TPSA) is 37.4 Å². The molecule has 0 N–H and O–H groups in total. The summed E-state index contributed by atoms with van der Waals surface area (Å²) in [4.78, 5) is 23.5. The predicted octanol–water partition coefficient (Wildman–Crippen LogP) is 0.406. The molecule has 60 valence electrons. The van der Waals surface area contributed by atoms with Gasteiger partial charge in [0.2, 0.25) is 0 Å². The van der Waals surface area contributed by atoms with Crippen LogP contribution in [0.4, 0.5) is 0 Å². The first kappa shape index (κ1) is 7.03. The fourth-order valence-corrected chi connectivity index (χ4v) is 1.30. The Morgan fingerprint density at radius 3 is 2.00 bits per heavy atom. The maximum atomic E-state index is 11.1. The number of allylic oxidation sites excluding steroid dienone is 2. The summed E-state index contributed by atoms with van der Waals surface area (Å²) in [6.07, 6.45) is 9.85. The van der Waals surface area contributed by atoms with Crippen molar-refractivity contribution in [2.24, 2.45) is 0 Å². The van der Waals surface area contributed by atoms with Gasteiger partial charge in [-0.15, -0.1) is 0 Å². The molecule has 2 aliphatic rings. The van der Waals surface area contributed by atoms with Crippen LogP contribution >= 0.6 is 0 Å². The van der Waals surface area contributed by atoms with Crippen molar-refractivity contribution in [3.8, 4) is 0 Å². The summed E-state index contributed by atoms with van der Waals surface area (Å²) in [5, 5.41) is 0. The van der Waals surface area contributed by atoms with Gasteiger partial charge in [0.25, 0.3) is 11.8 Å². The van der Waals surface area contributed by atoms with Gasteiger partial charge in [-0.2, -0.15) is 0 Å². The Bertz CT molecular complexity index is 295. The molecule has 0 unspecified atom stereocenters. The molecule has 3 nitrogen and oxygen atoms in total. The highest BCUT2D eigenvalue weighted by Crippen LogP contribution is 2.14. The first-order valence-corrected chi connectivity index (χ1v) is 3.69. The average molecular weight is 161 g/mol. The minimum absolute atomic E-state index is 0.181. The van der Waals surface area contributed by atoms with Gasteiger partial charge in [0.15, 0.2) is 0 Å². The molecular formula is C9H7NO2. The number of hydrogen-bond donors (Lipinski definition) is 0. The van der Waals surface area contributed by atoms with Gasteiger partial charge in [-0.3, -0.25) is 14.5 Å². The van der Waals surface area contributed by atoms with Crippen LogP contribution in [0, 0.1) is 0 Å². The molecule has 0 radical (unpaired) electrons. The van der Waals surface area contributed by atoms with Crippen LogP contribution in [0.15, 0.2) is 36.5 Å². The summed E-state index contributed by atoms with van der Waals surface area (Å²) >= 11 is 0. The molecule has 2 rings (SSSR count). The van der Waals surface area contributed by atoms with Crippen molar-refractivity contribution in [3.63, 3.8) is 0 Å². The number of imide groups is 1. The number of amides is 2. The highest BCUT2D eigenvalue weighted by Gasteiger charge is 2.28. The van der Waals surface area contributed by atoms with E-state index < -0.39 is 0 Å². The summed E-state index contributed by atoms with van der Waals surface area (Å²) in [5.41, 5.74) is 0.